The van der Waals surface area contributed by atoms with Crippen LogP contribution >= 0.6 is 0 Å². The van der Waals surface area contributed by atoms with Crippen molar-refractivity contribution >= 4 is 20.8 Å². The molecular formula is C15H14O12S2. The van der Waals surface area contributed by atoms with Gasteiger partial charge in [-0.3, -0.25) is 9.11 Å². The first-order valence-corrected chi connectivity index (χ1v) is 10.4. The molecule has 1 aliphatic rings. The Morgan fingerprint density at radius 2 is 1.55 bits per heavy atom. The molecule has 0 radical (unpaired) electrons. The van der Waals surface area contributed by atoms with Gasteiger partial charge in [-0.1, -0.05) is 6.07 Å². The van der Waals surface area contributed by atoms with Crippen molar-refractivity contribution in [3.63, 3.8) is 0 Å². The molecule has 0 saturated carbocycles. The van der Waals surface area contributed by atoms with Gasteiger partial charge in [0.2, 0.25) is 0 Å². The molecule has 0 aliphatic carbocycles. The maximum absolute atomic E-state index is 11.0. The molecule has 0 fully saturated rings. The molecule has 158 valence electrons. The largest absolute Gasteiger partial charge is 0.508 e. The smallest absolute Gasteiger partial charge is 0.446 e. The lowest BCUT2D eigenvalue weighted by Gasteiger charge is -2.31. The van der Waals surface area contributed by atoms with Crippen LogP contribution in [0.1, 0.15) is 17.2 Å². The predicted molar refractivity (Wildman–Crippen MR) is 93.6 cm³/mol. The lowest BCUT2D eigenvalue weighted by Crippen LogP contribution is -2.30. The number of aliphatic hydroxyl groups is 1. The van der Waals surface area contributed by atoms with E-state index in [2.05, 4.69) is 8.37 Å². The van der Waals surface area contributed by atoms with E-state index in [1.165, 1.54) is 6.07 Å². The fraction of sp³-hybridized carbons (Fsp3) is 0.200. The van der Waals surface area contributed by atoms with Crippen LogP contribution in [0.4, 0.5) is 0 Å². The van der Waals surface area contributed by atoms with Crippen molar-refractivity contribution in [1.29, 1.82) is 0 Å². The van der Waals surface area contributed by atoms with E-state index in [0.29, 0.717) is 0 Å². The molecular weight excluding hydrogens is 436 g/mol. The van der Waals surface area contributed by atoms with Crippen LogP contribution in [0.2, 0.25) is 0 Å². The van der Waals surface area contributed by atoms with Gasteiger partial charge in [-0.05, 0) is 17.7 Å². The first-order valence-electron chi connectivity index (χ1n) is 7.70. The molecule has 2 aromatic rings. The fourth-order valence-corrected chi connectivity index (χ4v) is 3.56. The van der Waals surface area contributed by atoms with Crippen LogP contribution in [0, 0.1) is 0 Å². The maximum atomic E-state index is 11.0. The van der Waals surface area contributed by atoms with Crippen LogP contribution in [0.15, 0.2) is 30.3 Å². The molecule has 5 N–H and O–H groups in total. The van der Waals surface area contributed by atoms with E-state index >= 15 is 0 Å². The Morgan fingerprint density at radius 1 is 0.931 bits per heavy atom. The van der Waals surface area contributed by atoms with Crippen molar-refractivity contribution in [1.82, 2.24) is 0 Å². The average Bonchev–Trinajstić information content (AvgIpc) is 2.54. The number of fused-ring (bicyclic) bond motifs is 1. The number of hydrogen-bond donors (Lipinski definition) is 5. The van der Waals surface area contributed by atoms with Crippen molar-refractivity contribution in [2.45, 2.75) is 18.6 Å². The van der Waals surface area contributed by atoms with Gasteiger partial charge >= 0.3 is 20.8 Å². The van der Waals surface area contributed by atoms with E-state index < -0.39 is 56.0 Å². The summed E-state index contributed by atoms with van der Waals surface area (Å²) in [5.74, 6) is -2.19. The van der Waals surface area contributed by atoms with Gasteiger partial charge in [0.15, 0.2) is 17.2 Å². The zero-order chi connectivity index (χ0) is 21.6. The van der Waals surface area contributed by atoms with Gasteiger partial charge < -0.3 is 28.4 Å². The minimum Gasteiger partial charge on any atom is -0.508 e. The van der Waals surface area contributed by atoms with E-state index in [1.54, 1.807) is 0 Å². The number of rotatable bonds is 5. The number of benzene rings is 2. The lowest BCUT2D eigenvalue weighted by molar-refractivity contribution is 0.0199. The molecule has 1 aliphatic heterocycles. The SMILES string of the molecule is O=S(=O)(O)Oc1ccc([C@H]2Oc3cc(O)cc(OS(=O)(=O)O)c3C[C@@H]2O)cc1O. The summed E-state index contributed by atoms with van der Waals surface area (Å²) >= 11 is 0. The molecule has 0 spiro atoms. The summed E-state index contributed by atoms with van der Waals surface area (Å²) < 4.78 is 75.2. The third-order valence-corrected chi connectivity index (χ3v) is 4.65. The van der Waals surface area contributed by atoms with Gasteiger partial charge in [0, 0.05) is 24.1 Å². The summed E-state index contributed by atoms with van der Waals surface area (Å²) in [6.45, 7) is 0. The summed E-state index contributed by atoms with van der Waals surface area (Å²) in [6, 6.07) is 5.33. The second-order valence-electron chi connectivity index (χ2n) is 5.98. The van der Waals surface area contributed by atoms with E-state index in [9.17, 15) is 32.2 Å². The Labute approximate surface area is 164 Å². The molecule has 0 bridgehead atoms. The van der Waals surface area contributed by atoms with Crippen LogP contribution in [0.3, 0.4) is 0 Å². The Kier molecular flexibility index (Phi) is 5.22. The number of hydrogen-bond acceptors (Lipinski definition) is 10. The van der Waals surface area contributed by atoms with Crippen molar-refractivity contribution in [3.05, 3.63) is 41.5 Å². The molecule has 3 rings (SSSR count). The zero-order valence-electron chi connectivity index (χ0n) is 14.2. The Bertz CT molecular complexity index is 1160. The Morgan fingerprint density at radius 3 is 2.14 bits per heavy atom. The van der Waals surface area contributed by atoms with E-state index in [4.69, 9.17) is 13.8 Å². The average molecular weight is 450 g/mol. The third-order valence-electron chi connectivity index (χ3n) is 3.87. The van der Waals surface area contributed by atoms with Crippen molar-refractivity contribution < 1.29 is 54.4 Å². The van der Waals surface area contributed by atoms with E-state index in [0.717, 1.165) is 24.3 Å². The Balaban J connectivity index is 1.95. The third kappa shape index (κ3) is 4.99. The van der Waals surface area contributed by atoms with Crippen molar-refractivity contribution in [2.75, 3.05) is 0 Å². The topological polar surface area (TPSA) is 197 Å². The van der Waals surface area contributed by atoms with Crippen LogP contribution in [0.5, 0.6) is 28.7 Å². The summed E-state index contributed by atoms with van der Waals surface area (Å²) in [7, 11) is -9.77. The summed E-state index contributed by atoms with van der Waals surface area (Å²) in [5, 5.41) is 30.0. The van der Waals surface area contributed by atoms with Crippen LogP contribution in [-0.4, -0.2) is 47.4 Å². The van der Waals surface area contributed by atoms with Crippen molar-refractivity contribution in [3.8, 4) is 28.7 Å². The normalized spacial score (nSPS) is 19.1. The van der Waals surface area contributed by atoms with Crippen LogP contribution in [-0.2, 0) is 27.2 Å². The minimum atomic E-state index is -4.90. The molecule has 2 aromatic carbocycles. The monoisotopic (exact) mass is 450 g/mol. The standard InChI is InChI=1S/C15H14O12S2/c16-8-4-13-9(14(5-8)27-29(22,23)24)6-11(18)15(25-13)7-1-2-12(10(17)3-7)26-28(19,20)21/h1-5,11,15-18H,6H2,(H,19,20,21)(H,22,23,24)/t11-,15+/m0/s1. The molecule has 14 heteroatoms. The van der Waals surface area contributed by atoms with Crippen molar-refractivity contribution in [2.24, 2.45) is 0 Å². The molecule has 12 nitrogen and oxygen atoms in total. The highest BCUT2D eigenvalue weighted by Gasteiger charge is 2.34. The first-order chi connectivity index (χ1) is 13.3. The summed E-state index contributed by atoms with van der Waals surface area (Å²) in [6.07, 6.45) is -2.62. The number of ether oxygens (including phenoxy) is 1. The highest BCUT2D eigenvalue weighted by Crippen LogP contribution is 2.43. The molecule has 2 atom stereocenters. The van der Waals surface area contributed by atoms with E-state index in [-0.39, 0.29) is 23.3 Å². The van der Waals surface area contributed by atoms with E-state index in [1.807, 2.05) is 0 Å². The molecule has 0 saturated heterocycles. The second-order valence-corrected chi connectivity index (χ2v) is 8.02. The second kappa shape index (κ2) is 7.23. The van der Waals surface area contributed by atoms with Crippen LogP contribution < -0.4 is 13.1 Å². The number of aromatic hydroxyl groups is 2. The van der Waals surface area contributed by atoms with Gasteiger partial charge in [-0.25, -0.2) is 0 Å². The van der Waals surface area contributed by atoms with Gasteiger partial charge in [0.25, 0.3) is 0 Å². The summed E-state index contributed by atoms with van der Waals surface area (Å²) in [5.41, 5.74) is 0.226. The highest BCUT2D eigenvalue weighted by molar-refractivity contribution is 7.81. The van der Waals surface area contributed by atoms with Gasteiger partial charge in [0.1, 0.15) is 17.6 Å². The number of phenols is 2. The maximum Gasteiger partial charge on any atom is 0.446 e. The van der Waals surface area contributed by atoms with Crippen LogP contribution in [0.25, 0.3) is 0 Å². The number of aliphatic hydroxyl groups excluding tert-OH is 1. The zero-order valence-corrected chi connectivity index (χ0v) is 15.8. The first kappa shape index (κ1) is 20.9. The highest BCUT2D eigenvalue weighted by atomic mass is 32.3. The van der Waals surface area contributed by atoms with Gasteiger partial charge in [-0.2, -0.15) is 16.8 Å². The molecule has 0 unspecified atom stereocenters. The predicted octanol–water partition coefficient (Wildman–Crippen LogP) is 0.498. The molecule has 0 aromatic heterocycles. The minimum absolute atomic E-state index is 0.0553. The van der Waals surface area contributed by atoms with Gasteiger partial charge in [-0.15, -0.1) is 0 Å². The number of phenolic OH excluding ortho intramolecular Hbond substituents is 2. The molecule has 1 heterocycles. The van der Waals surface area contributed by atoms with Gasteiger partial charge in [0.05, 0.1) is 6.10 Å². The molecule has 0 amide bonds. The fourth-order valence-electron chi connectivity index (χ4n) is 2.82. The summed E-state index contributed by atoms with van der Waals surface area (Å²) in [4.78, 5) is 0. The lowest BCUT2D eigenvalue weighted by atomic mass is 9.94. The molecule has 29 heavy (non-hydrogen) atoms. The Hall–Kier alpha value is -2.78. The quantitative estimate of drug-likeness (QED) is 0.396.